The minimum absolute atomic E-state index is 0.353. The first-order valence-electron chi connectivity index (χ1n) is 8.10. The molecule has 0 aromatic heterocycles. The minimum atomic E-state index is 0.353. The molecule has 1 saturated carbocycles. The van der Waals surface area contributed by atoms with E-state index in [0.717, 1.165) is 38.3 Å². The van der Waals surface area contributed by atoms with Gasteiger partial charge in [0.1, 0.15) is 0 Å². The zero-order valence-electron chi connectivity index (χ0n) is 13.1. The number of nitrogens with one attached hydrogen (secondary N) is 1. The Kier molecular flexibility index (Phi) is 5.67. The Balaban J connectivity index is 1.83. The highest BCUT2D eigenvalue weighted by Gasteiger charge is 2.37. The van der Waals surface area contributed by atoms with Crippen molar-refractivity contribution < 1.29 is 4.74 Å². The summed E-state index contributed by atoms with van der Waals surface area (Å²) in [6.07, 6.45) is 6.85. The second kappa shape index (κ2) is 7.05. The summed E-state index contributed by atoms with van der Waals surface area (Å²) < 4.78 is 5.71. The van der Waals surface area contributed by atoms with Gasteiger partial charge in [0.15, 0.2) is 0 Å². The summed E-state index contributed by atoms with van der Waals surface area (Å²) in [7, 11) is 2.32. The van der Waals surface area contributed by atoms with E-state index in [1.165, 1.54) is 38.6 Å². The molecule has 0 aromatic rings. The van der Waals surface area contributed by atoms with Crippen molar-refractivity contribution in [1.29, 1.82) is 0 Å². The van der Waals surface area contributed by atoms with Gasteiger partial charge in [-0.2, -0.15) is 0 Å². The van der Waals surface area contributed by atoms with Gasteiger partial charge in [-0.1, -0.05) is 26.7 Å². The normalized spacial score (nSPS) is 28.9. The van der Waals surface area contributed by atoms with Crippen molar-refractivity contribution in [1.82, 2.24) is 10.2 Å². The Labute approximate surface area is 119 Å². The number of ether oxygens (including phenoxy) is 1. The number of rotatable bonds is 7. The van der Waals surface area contributed by atoms with Crippen LogP contribution in [0.2, 0.25) is 0 Å². The highest BCUT2D eigenvalue weighted by Crippen LogP contribution is 2.32. The van der Waals surface area contributed by atoms with Gasteiger partial charge in [-0.05, 0) is 38.8 Å². The predicted octanol–water partition coefficient (Wildman–Crippen LogP) is 2.51. The van der Waals surface area contributed by atoms with Crippen molar-refractivity contribution in [3.8, 4) is 0 Å². The Morgan fingerprint density at radius 2 is 2.05 bits per heavy atom. The molecular weight excluding hydrogens is 236 g/mol. The van der Waals surface area contributed by atoms with E-state index in [4.69, 9.17) is 4.74 Å². The maximum absolute atomic E-state index is 5.71. The van der Waals surface area contributed by atoms with Crippen molar-refractivity contribution in [2.45, 2.75) is 52.0 Å². The molecule has 1 heterocycles. The molecule has 2 fully saturated rings. The molecular formula is C16H32N2O. The van der Waals surface area contributed by atoms with Crippen molar-refractivity contribution >= 4 is 0 Å². The maximum Gasteiger partial charge on any atom is 0.0547 e. The van der Waals surface area contributed by atoms with Crippen LogP contribution in [0.25, 0.3) is 0 Å². The lowest BCUT2D eigenvalue weighted by Crippen LogP contribution is -2.46. The molecule has 0 radical (unpaired) electrons. The lowest BCUT2D eigenvalue weighted by Gasteiger charge is -2.35. The van der Waals surface area contributed by atoms with Crippen molar-refractivity contribution in [2.75, 3.05) is 39.9 Å². The first kappa shape index (κ1) is 15.3. The minimum Gasteiger partial charge on any atom is -0.381 e. The third-order valence-electron chi connectivity index (χ3n) is 4.77. The van der Waals surface area contributed by atoms with Crippen LogP contribution in [0.5, 0.6) is 0 Å². The van der Waals surface area contributed by atoms with E-state index in [-0.39, 0.29) is 0 Å². The second-order valence-electron chi connectivity index (χ2n) is 7.18. The summed E-state index contributed by atoms with van der Waals surface area (Å²) in [5, 5.41) is 3.66. The largest absolute Gasteiger partial charge is 0.381 e. The summed E-state index contributed by atoms with van der Waals surface area (Å²) in [6, 6.07) is 0.822. The van der Waals surface area contributed by atoms with Gasteiger partial charge < -0.3 is 15.0 Å². The molecule has 3 nitrogen and oxygen atoms in total. The molecule has 112 valence electrons. The molecule has 0 aromatic carbocycles. The maximum atomic E-state index is 5.71. The lowest BCUT2D eigenvalue weighted by atomic mass is 9.86. The monoisotopic (exact) mass is 268 g/mol. The van der Waals surface area contributed by atoms with E-state index in [1.807, 2.05) is 0 Å². The van der Waals surface area contributed by atoms with Gasteiger partial charge in [-0.25, -0.2) is 0 Å². The average molecular weight is 268 g/mol. The summed E-state index contributed by atoms with van der Waals surface area (Å²) in [4.78, 5) is 2.61. The molecule has 0 bridgehead atoms. The SMILES string of the molecule is CC(C)CNCC1(CN(C)C2CCCC2)CCOC1. The smallest absolute Gasteiger partial charge is 0.0547 e. The first-order chi connectivity index (χ1) is 9.11. The molecule has 19 heavy (non-hydrogen) atoms. The van der Waals surface area contributed by atoms with E-state index in [9.17, 15) is 0 Å². The number of hydrogen-bond acceptors (Lipinski definition) is 3. The van der Waals surface area contributed by atoms with E-state index >= 15 is 0 Å². The van der Waals surface area contributed by atoms with Crippen LogP contribution in [-0.4, -0.2) is 50.8 Å². The quantitative estimate of drug-likeness (QED) is 0.768. The van der Waals surface area contributed by atoms with Crippen LogP contribution < -0.4 is 5.32 Å². The van der Waals surface area contributed by atoms with Gasteiger partial charge in [0, 0.05) is 31.2 Å². The molecule has 0 spiro atoms. The fraction of sp³-hybridized carbons (Fsp3) is 1.00. The van der Waals surface area contributed by atoms with Crippen LogP contribution in [0.3, 0.4) is 0 Å². The zero-order chi connectivity index (χ0) is 13.7. The molecule has 1 atom stereocenters. The Morgan fingerprint density at radius 1 is 1.32 bits per heavy atom. The van der Waals surface area contributed by atoms with Gasteiger partial charge >= 0.3 is 0 Å². The third kappa shape index (κ3) is 4.44. The van der Waals surface area contributed by atoms with E-state index < -0.39 is 0 Å². The fourth-order valence-corrected chi connectivity index (χ4v) is 3.60. The van der Waals surface area contributed by atoms with Crippen LogP contribution in [0.1, 0.15) is 46.0 Å². The molecule has 2 aliphatic rings. The first-order valence-corrected chi connectivity index (χ1v) is 8.10. The van der Waals surface area contributed by atoms with Gasteiger partial charge in [-0.3, -0.25) is 0 Å². The zero-order valence-corrected chi connectivity index (χ0v) is 13.1. The van der Waals surface area contributed by atoms with E-state index in [2.05, 4.69) is 31.1 Å². The van der Waals surface area contributed by atoms with Crippen LogP contribution in [0.4, 0.5) is 0 Å². The average Bonchev–Trinajstić information content (AvgIpc) is 2.99. The van der Waals surface area contributed by atoms with Crippen LogP contribution in [0.15, 0.2) is 0 Å². The van der Waals surface area contributed by atoms with E-state index in [1.54, 1.807) is 0 Å². The standard InChI is InChI=1S/C16H32N2O/c1-14(2)10-17-11-16(8-9-19-13-16)12-18(3)15-6-4-5-7-15/h14-15,17H,4-13H2,1-3H3. The summed E-state index contributed by atoms with van der Waals surface area (Å²) >= 11 is 0. The van der Waals surface area contributed by atoms with Crippen molar-refractivity contribution in [3.05, 3.63) is 0 Å². The summed E-state index contributed by atoms with van der Waals surface area (Å²) in [6.45, 7) is 9.86. The second-order valence-corrected chi connectivity index (χ2v) is 7.18. The number of nitrogens with zero attached hydrogens (tertiary/aromatic N) is 1. The highest BCUT2D eigenvalue weighted by atomic mass is 16.5. The molecule has 2 rings (SSSR count). The Hall–Kier alpha value is -0.120. The number of hydrogen-bond donors (Lipinski definition) is 1. The van der Waals surface area contributed by atoms with Crippen LogP contribution in [0, 0.1) is 11.3 Å². The van der Waals surface area contributed by atoms with Gasteiger partial charge in [-0.15, -0.1) is 0 Å². The topological polar surface area (TPSA) is 24.5 Å². The molecule has 1 N–H and O–H groups in total. The molecule has 3 heteroatoms. The molecule has 1 unspecified atom stereocenters. The van der Waals surface area contributed by atoms with Gasteiger partial charge in [0.2, 0.25) is 0 Å². The molecule has 0 amide bonds. The fourth-order valence-electron chi connectivity index (χ4n) is 3.60. The highest BCUT2D eigenvalue weighted by molar-refractivity contribution is 4.90. The molecule has 1 saturated heterocycles. The van der Waals surface area contributed by atoms with Crippen LogP contribution in [-0.2, 0) is 4.74 Å². The van der Waals surface area contributed by atoms with Gasteiger partial charge in [0.25, 0.3) is 0 Å². The third-order valence-corrected chi connectivity index (χ3v) is 4.77. The predicted molar refractivity (Wildman–Crippen MR) is 80.5 cm³/mol. The summed E-state index contributed by atoms with van der Waals surface area (Å²) in [5.41, 5.74) is 0.353. The van der Waals surface area contributed by atoms with Gasteiger partial charge in [0.05, 0.1) is 6.61 Å². The van der Waals surface area contributed by atoms with Crippen molar-refractivity contribution in [2.24, 2.45) is 11.3 Å². The van der Waals surface area contributed by atoms with Crippen LogP contribution >= 0.6 is 0 Å². The Morgan fingerprint density at radius 3 is 2.63 bits per heavy atom. The lowest BCUT2D eigenvalue weighted by molar-refractivity contribution is 0.101. The van der Waals surface area contributed by atoms with Crippen molar-refractivity contribution in [3.63, 3.8) is 0 Å². The van der Waals surface area contributed by atoms with E-state index in [0.29, 0.717) is 5.41 Å². The Bertz CT molecular complexity index is 255. The molecule has 1 aliphatic heterocycles. The molecule has 1 aliphatic carbocycles. The summed E-state index contributed by atoms with van der Waals surface area (Å²) in [5.74, 6) is 0.729.